The van der Waals surface area contributed by atoms with Gasteiger partial charge >= 0.3 is 5.69 Å². The summed E-state index contributed by atoms with van der Waals surface area (Å²) in [6, 6.07) is 13.2. The van der Waals surface area contributed by atoms with Crippen molar-refractivity contribution < 1.29 is 8.42 Å². The Balaban J connectivity index is 1.66. The van der Waals surface area contributed by atoms with Gasteiger partial charge in [0.2, 0.25) is 0 Å². The predicted octanol–water partition coefficient (Wildman–Crippen LogP) is 1.64. The highest BCUT2D eigenvalue weighted by atomic mass is 32.2. The summed E-state index contributed by atoms with van der Waals surface area (Å²) in [6.45, 7) is 0. The second kappa shape index (κ2) is 6.36. The minimum Gasteiger partial charge on any atom is -0.399 e. The average Bonchev–Trinajstić information content (AvgIpc) is 3.09. The maximum Gasteiger partial charge on any atom is 0.349 e. The van der Waals surface area contributed by atoms with Crippen LogP contribution in [0.25, 0.3) is 16.8 Å². The Bertz CT molecular complexity index is 1270. The van der Waals surface area contributed by atoms with E-state index in [0.717, 1.165) is 10.1 Å². The molecule has 27 heavy (non-hydrogen) atoms. The number of aromatic amines is 1. The number of rotatable bonds is 4. The first-order valence-electron chi connectivity index (χ1n) is 8.03. The number of nitrogens with two attached hydrogens (primary N) is 1. The number of anilines is 1. The summed E-state index contributed by atoms with van der Waals surface area (Å²) in [6.07, 6.45) is 2.82. The van der Waals surface area contributed by atoms with Crippen molar-refractivity contribution in [2.24, 2.45) is 0 Å². The quantitative estimate of drug-likeness (QED) is 0.518. The monoisotopic (exact) mass is 381 g/mol. The molecule has 0 unspecified atom stereocenters. The Morgan fingerprint density at radius 2 is 1.74 bits per heavy atom. The molecule has 0 radical (unpaired) electrons. The largest absolute Gasteiger partial charge is 0.399 e. The number of nitrogen functional groups attached to an aromatic ring is 1. The fourth-order valence-corrected chi connectivity index (χ4v) is 4.14. The lowest BCUT2D eigenvalue weighted by Crippen LogP contribution is -2.17. The minimum atomic E-state index is -3.49. The fraction of sp³-hybridized carbons (Fsp3) is 0.0556. The number of H-pyrrole nitrogens is 1. The van der Waals surface area contributed by atoms with Crippen LogP contribution in [0.15, 0.2) is 70.7 Å². The average molecular weight is 381 g/mol. The Labute approximate surface area is 154 Å². The molecule has 0 saturated heterocycles. The predicted molar refractivity (Wildman–Crippen MR) is 101 cm³/mol. The SMILES string of the molecule is Nc1ccc(CS(=O)(=O)c2ccc(-c3cnn4c(=O)[nH]cnc34)cc2)cc1. The van der Waals surface area contributed by atoms with Crippen molar-refractivity contribution in [3.8, 4) is 11.1 Å². The molecule has 2 aromatic carbocycles. The summed E-state index contributed by atoms with van der Waals surface area (Å²) in [4.78, 5) is 18.5. The minimum absolute atomic E-state index is 0.111. The van der Waals surface area contributed by atoms with Crippen molar-refractivity contribution in [1.29, 1.82) is 0 Å². The van der Waals surface area contributed by atoms with Crippen molar-refractivity contribution in [3.63, 3.8) is 0 Å². The van der Waals surface area contributed by atoms with Crippen LogP contribution in [0.3, 0.4) is 0 Å². The van der Waals surface area contributed by atoms with Gasteiger partial charge < -0.3 is 5.73 Å². The number of sulfone groups is 1. The van der Waals surface area contributed by atoms with Gasteiger partial charge in [0, 0.05) is 11.3 Å². The van der Waals surface area contributed by atoms with E-state index in [1.807, 2.05) is 0 Å². The number of aromatic nitrogens is 4. The molecule has 8 nitrogen and oxygen atoms in total. The lowest BCUT2D eigenvalue weighted by Gasteiger charge is -2.06. The third kappa shape index (κ3) is 3.20. The highest BCUT2D eigenvalue weighted by molar-refractivity contribution is 7.90. The number of benzene rings is 2. The Morgan fingerprint density at radius 3 is 2.44 bits per heavy atom. The summed E-state index contributed by atoms with van der Waals surface area (Å²) < 4.78 is 26.4. The van der Waals surface area contributed by atoms with Gasteiger partial charge in [0.15, 0.2) is 15.5 Å². The van der Waals surface area contributed by atoms with Gasteiger partial charge in [-0.1, -0.05) is 24.3 Å². The van der Waals surface area contributed by atoms with E-state index in [1.165, 1.54) is 12.5 Å². The Kier molecular flexibility index (Phi) is 4.00. The Hall–Kier alpha value is -3.46. The summed E-state index contributed by atoms with van der Waals surface area (Å²) >= 11 is 0. The number of hydrogen-bond acceptors (Lipinski definition) is 6. The van der Waals surface area contributed by atoms with Crippen molar-refractivity contribution in [3.05, 3.63) is 77.1 Å². The van der Waals surface area contributed by atoms with E-state index in [2.05, 4.69) is 15.1 Å². The van der Waals surface area contributed by atoms with Crippen LogP contribution in [0.1, 0.15) is 5.56 Å². The van der Waals surface area contributed by atoms with Gasteiger partial charge in [0.1, 0.15) is 0 Å². The first kappa shape index (κ1) is 17.0. The van der Waals surface area contributed by atoms with Crippen molar-refractivity contribution >= 4 is 21.2 Å². The van der Waals surface area contributed by atoms with Gasteiger partial charge in [0.05, 0.1) is 23.2 Å². The van der Waals surface area contributed by atoms with Gasteiger partial charge in [0.25, 0.3) is 0 Å². The van der Waals surface area contributed by atoms with E-state index in [-0.39, 0.29) is 10.6 Å². The molecule has 0 aliphatic rings. The summed E-state index contributed by atoms with van der Waals surface area (Å²) in [5.41, 5.74) is 8.25. The van der Waals surface area contributed by atoms with Crippen LogP contribution in [0, 0.1) is 0 Å². The van der Waals surface area contributed by atoms with Gasteiger partial charge in [-0.05, 0) is 35.4 Å². The number of nitrogens with one attached hydrogen (secondary N) is 1. The van der Waals surface area contributed by atoms with Crippen LogP contribution in [-0.4, -0.2) is 28.0 Å². The Morgan fingerprint density at radius 1 is 1.04 bits per heavy atom. The van der Waals surface area contributed by atoms with Crippen molar-refractivity contribution in [2.75, 3.05) is 5.73 Å². The molecule has 0 aliphatic heterocycles. The molecular weight excluding hydrogens is 366 g/mol. The highest BCUT2D eigenvalue weighted by Crippen LogP contribution is 2.25. The molecule has 0 saturated carbocycles. The summed E-state index contributed by atoms with van der Waals surface area (Å²) in [7, 11) is -3.49. The molecule has 0 fully saturated rings. The molecular formula is C18H15N5O3S. The normalized spacial score (nSPS) is 11.7. The lowest BCUT2D eigenvalue weighted by atomic mass is 10.1. The van der Waals surface area contributed by atoms with Gasteiger partial charge in [-0.15, -0.1) is 0 Å². The van der Waals surface area contributed by atoms with Crippen LogP contribution in [-0.2, 0) is 15.6 Å². The molecule has 4 aromatic rings. The van der Waals surface area contributed by atoms with E-state index < -0.39 is 15.5 Å². The van der Waals surface area contributed by atoms with E-state index in [9.17, 15) is 13.2 Å². The van der Waals surface area contributed by atoms with Crippen molar-refractivity contribution in [2.45, 2.75) is 10.6 Å². The standard InChI is InChI=1S/C18H15N5O3S/c19-14-5-1-12(2-6-14)10-27(25,26)15-7-3-13(4-8-15)16-9-22-23-17(16)20-11-21-18(23)24/h1-9,11H,10,19H2,(H,20,21,24). The first-order valence-corrected chi connectivity index (χ1v) is 9.68. The van der Waals surface area contributed by atoms with E-state index in [4.69, 9.17) is 5.73 Å². The maximum atomic E-state index is 12.6. The highest BCUT2D eigenvalue weighted by Gasteiger charge is 2.16. The molecule has 9 heteroatoms. The van der Waals surface area contributed by atoms with E-state index >= 15 is 0 Å². The van der Waals surface area contributed by atoms with Crippen LogP contribution in [0.5, 0.6) is 0 Å². The molecule has 0 atom stereocenters. The second-order valence-electron chi connectivity index (χ2n) is 6.03. The fourth-order valence-electron chi connectivity index (χ4n) is 2.79. The lowest BCUT2D eigenvalue weighted by molar-refractivity contribution is 0.595. The zero-order chi connectivity index (χ0) is 19.0. The number of nitrogens with zero attached hydrogens (tertiary/aromatic N) is 3. The second-order valence-corrected chi connectivity index (χ2v) is 8.02. The smallest absolute Gasteiger partial charge is 0.349 e. The van der Waals surface area contributed by atoms with Gasteiger partial charge in [-0.2, -0.15) is 9.61 Å². The van der Waals surface area contributed by atoms with Crippen LogP contribution in [0.4, 0.5) is 5.69 Å². The van der Waals surface area contributed by atoms with Crippen LogP contribution < -0.4 is 11.4 Å². The van der Waals surface area contributed by atoms with Crippen molar-refractivity contribution in [1.82, 2.24) is 19.6 Å². The topological polar surface area (TPSA) is 123 Å². The van der Waals surface area contributed by atoms with Gasteiger partial charge in [-0.3, -0.25) is 4.98 Å². The molecule has 0 spiro atoms. The summed E-state index contributed by atoms with van der Waals surface area (Å²) in [5.74, 6) is -0.111. The summed E-state index contributed by atoms with van der Waals surface area (Å²) in [5, 5.41) is 4.01. The molecule has 0 aliphatic carbocycles. The first-order chi connectivity index (χ1) is 12.9. The molecule has 3 N–H and O–H groups in total. The maximum absolute atomic E-state index is 12.6. The molecule has 0 amide bonds. The number of fused-ring (bicyclic) bond motifs is 1. The molecule has 136 valence electrons. The van der Waals surface area contributed by atoms with E-state index in [1.54, 1.807) is 48.5 Å². The van der Waals surface area contributed by atoms with E-state index in [0.29, 0.717) is 22.5 Å². The molecule has 0 bridgehead atoms. The van der Waals surface area contributed by atoms with Crippen LogP contribution >= 0.6 is 0 Å². The third-order valence-corrected chi connectivity index (χ3v) is 5.88. The van der Waals surface area contributed by atoms with Gasteiger partial charge in [-0.25, -0.2) is 18.2 Å². The number of hydrogen-bond donors (Lipinski definition) is 2. The van der Waals surface area contributed by atoms with Crippen LogP contribution in [0.2, 0.25) is 0 Å². The molecule has 2 heterocycles. The zero-order valence-corrected chi connectivity index (χ0v) is 14.8. The zero-order valence-electron chi connectivity index (χ0n) is 14.0. The molecule has 2 aromatic heterocycles. The third-order valence-electron chi connectivity index (χ3n) is 4.17. The molecule has 4 rings (SSSR count).